The molecule has 3 rings (SSSR count). The Labute approximate surface area is 174 Å². The van der Waals surface area contributed by atoms with Gasteiger partial charge in [0, 0.05) is 29.4 Å². The van der Waals surface area contributed by atoms with Gasteiger partial charge in [-0.25, -0.2) is 14.1 Å². The second-order valence-corrected chi connectivity index (χ2v) is 7.35. The molecule has 2 amide bonds. The first-order chi connectivity index (χ1) is 11.5. The third-order valence-electron chi connectivity index (χ3n) is 4.69. The van der Waals surface area contributed by atoms with Crippen LogP contribution in [-0.4, -0.2) is 52.0 Å². The fourth-order valence-electron chi connectivity index (χ4n) is 3.08. The number of pyridine rings is 1. The first-order valence-corrected chi connectivity index (χ1v) is 8.91. The van der Waals surface area contributed by atoms with Crippen molar-refractivity contribution >= 4 is 37.1 Å². The molecule has 0 aliphatic carbocycles. The Kier molecular flexibility index (Phi) is 7.45. The number of hydrogen-bond donors (Lipinski definition) is 2. The molecule has 2 N–H and O–H groups in total. The monoisotopic (exact) mass is 562 g/mol. The Hall–Kier alpha value is -0.480. The number of carbonyl (C=O) groups excluding carboxylic acids is 1. The molecular formula is C16H21AuN4O2S2-. The number of hydrogen-bond acceptors (Lipinski definition) is 5. The van der Waals surface area contributed by atoms with Crippen LogP contribution in [0.2, 0.25) is 0 Å². The summed E-state index contributed by atoms with van der Waals surface area (Å²) in [4.78, 5) is 15.2. The fourth-order valence-corrected chi connectivity index (χ4v) is 3.50. The average molecular weight is 562 g/mol. The number of aliphatic hydroxyl groups excluding tert-OH is 1. The minimum Gasteiger partial charge on any atom is -0.800 e. The van der Waals surface area contributed by atoms with Crippen molar-refractivity contribution in [2.75, 3.05) is 20.1 Å². The van der Waals surface area contributed by atoms with E-state index < -0.39 is 6.23 Å². The van der Waals surface area contributed by atoms with E-state index >= 15 is 0 Å². The molecule has 1 aromatic rings. The predicted molar refractivity (Wildman–Crippen MR) is 95.3 cm³/mol. The number of urea groups is 1. The second kappa shape index (κ2) is 8.94. The van der Waals surface area contributed by atoms with Crippen molar-refractivity contribution in [2.24, 2.45) is 0 Å². The number of carbonyl (C=O) groups is 1. The molecule has 0 saturated carbocycles. The van der Waals surface area contributed by atoms with Crippen LogP contribution in [0.3, 0.4) is 0 Å². The van der Waals surface area contributed by atoms with Gasteiger partial charge in [0.1, 0.15) is 0 Å². The van der Waals surface area contributed by atoms with Gasteiger partial charge in [-0.15, -0.1) is 0 Å². The quantitative estimate of drug-likeness (QED) is 0.316. The summed E-state index contributed by atoms with van der Waals surface area (Å²) in [6.45, 7) is 1.88. The van der Waals surface area contributed by atoms with E-state index in [4.69, 9.17) is 25.3 Å². The van der Waals surface area contributed by atoms with Crippen molar-refractivity contribution in [1.82, 2.24) is 15.1 Å². The minimum atomic E-state index is -0.921. The summed E-state index contributed by atoms with van der Waals surface area (Å²) in [5.41, 5.74) is 1.27. The molecule has 1 aromatic heterocycles. The maximum absolute atomic E-state index is 11.8. The number of likely N-dealkylation sites (N-methyl/N-ethyl adjacent to an activating group) is 1. The normalized spacial score (nSPS) is 22.4. The molecule has 1 radical (unpaired) electrons. The van der Waals surface area contributed by atoms with Crippen LogP contribution in [0, 0.1) is 0 Å². The molecule has 25 heavy (non-hydrogen) atoms. The van der Waals surface area contributed by atoms with Crippen molar-refractivity contribution in [3.05, 3.63) is 36.2 Å². The number of amides is 2. The summed E-state index contributed by atoms with van der Waals surface area (Å²) < 4.78 is 1.59. The van der Waals surface area contributed by atoms with Gasteiger partial charge < -0.3 is 35.3 Å². The average Bonchev–Trinajstić information content (AvgIpc) is 2.59. The summed E-state index contributed by atoms with van der Waals surface area (Å²) in [6, 6.07) is 3.81. The SMILES string of the molecule is CN1C(=O)NC([n+]2ccc(C3CCN(C([S-])[S-])CC3)cc2)=CC1O.[Au]. The van der Waals surface area contributed by atoms with Gasteiger partial charge in [-0.05, 0) is 49.5 Å². The minimum absolute atomic E-state index is 0. The molecule has 2 aliphatic rings. The molecule has 0 aromatic carbocycles. The standard InChI is InChI=1S/C16H22N4O2S2.Au/c1-18-14(21)10-13(17-15(18)22)19-6-2-11(3-7-19)12-4-8-20(9-5-12)16(23)24;/h2-3,6-7,10,12,14,16,21H,4-5,8-9H2,1H3,(H2-,17,22,23,24);/p-1. The van der Waals surface area contributed by atoms with Crippen LogP contribution in [0.4, 0.5) is 4.79 Å². The van der Waals surface area contributed by atoms with E-state index in [2.05, 4.69) is 22.3 Å². The maximum atomic E-state index is 11.8. The van der Waals surface area contributed by atoms with E-state index in [0.717, 1.165) is 25.9 Å². The molecule has 0 bridgehead atoms. The summed E-state index contributed by atoms with van der Waals surface area (Å²) in [5, 5.41) is 12.6. The van der Waals surface area contributed by atoms with Gasteiger partial charge in [0.25, 0.3) is 5.82 Å². The zero-order valence-corrected chi connectivity index (χ0v) is 17.6. The smallest absolute Gasteiger partial charge is 0.411 e. The Balaban J connectivity index is 0.00000225. The number of nitrogens with one attached hydrogen (secondary N) is 1. The van der Waals surface area contributed by atoms with Gasteiger partial charge in [0.15, 0.2) is 6.23 Å². The van der Waals surface area contributed by atoms with E-state index in [1.165, 1.54) is 10.5 Å². The van der Waals surface area contributed by atoms with Crippen molar-refractivity contribution < 1.29 is 36.8 Å². The van der Waals surface area contributed by atoms with E-state index in [-0.39, 0.29) is 33.1 Å². The molecule has 1 saturated heterocycles. The van der Waals surface area contributed by atoms with Gasteiger partial charge in [-0.3, -0.25) is 4.90 Å². The van der Waals surface area contributed by atoms with Crippen LogP contribution >= 0.6 is 0 Å². The zero-order valence-electron chi connectivity index (χ0n) is 13.8. The Bertz CT molecular complexity index is 634. The third-order valence-corrected chi connectivity index (χ3v) is 5.29. The number of aromatic nitrogens is 1. The molecule has 141 valence electrons. The van der Waals surface area contributed by atoms with Crippen LogP contribution in [0.15, 0.2) is 30.6 Å². The van der Waals surface area contributed by atoms with Gasteiger partial charge in [0.05, 0.1) is 18.5 Å². The number of aliphatic hydroxyl groups is 1. The van der Waals surface area contributed by atoms with Crippen molar-refractivity contribution in [3.63, 3.8) is 0 Å². The topological polar surface area (TPSA) is 59.7 Å². The molecule has 2 aliphatic heterocycles. The maximum Gasteiger partial charge on any atom is 0.411 e. The van der Waals surface area contributed by atoms with Crippen LogP contribution in [0.25, 0.3) is 5.82 Å². The first-order valence-electron chi connectivity index (χ1n) is 7.96. The number of nitrogens with zero attached hydrogens (tertiary/aromatic N) is 3. The second-order valence-electron chi connectivity index (χ2n) is 6.16. The van der Waals surface area contributed by atoms with Crippen LogP contribution in [0.5, 0.6) is 0 Å². The van der Waals surface area contributed by atoms with Gasteiger partial charge in [-0.2, -0.15) is 5.32 Å². The first kappa shape index (κ1) is 20.8. The Morgan fingerprint density at radius 3 is 2.40 bits per heavy atom. The Morgan fingerprint density at radius 1 is 1.28 bits per heavy atom. The summed E-state index contributed by atoms with van der Waals surface area (Å²) >= 11 is 10.3. The van der Waals surface area contributed by atoms with E-state index in [1.54, 1.807) is 17.7 Å². The van der Waals surface area contributed by atoms with Crippen LogP contribution in [0.1, 0.15) is 24.3 Å². The van der Waals surface area contributed by atoms with Crippen molar-refractivity contribution in [2.45, 2.75) is 29.7 Å². The van der Waals surface area contributed by atoms with Crippen molar-refractivity contribution in [1.29, 1.82) is 0 Å². The molecule has 1 unspecified atom stereocenters. The molecule has 1 atom stereocenters. The van der Waals surface area contributed by atoms with Gasteiger partial charge in [-0.1, -0.05) is 0 Å². The number of piperidine rings is 1. The summed E-state index contributed by atoms with van der Waals surface area (Å²) in [7, 11) is 1.55. The number of rotatable bonds is 3. The van der Waals surface area contributed by atoms with E-state index in [0.29, 0.717) is 11.7 Å². The van der Waals surface area contributed by atoms with Gasteiger partial charge in [0.2, 0.25) is 0 Å². The van der Waals surface area contributed by atoms with Crippen molar-refractivity contribution in [3.8, 4) is 0 Å². The predicted octanol–water partition coefficient (Wildman–Crippen LogP) is 0.300. The molecule has 0 spiro atoms. The molecule has 6 nitrogen and oxygen atoms in total. The third kappa shape index (κ3) is 4.82. The van der Waals surface area contributed by atoms with E-state index in [1.807, 2.05) is 12.4 Å². The largest absolute Gasteiger partial charge is 0.800 e. The van der Waals surface area contributed by atoms with Crippen LogP contribution in [-0.2, 0) is 47.6 Å². The molecule has 1 fully saturated rings. The fraction of sp³-hybridized carbons (Fsp3) is 0.500. The van der Waals surface area contributed by atoms with E-state index in [9.17, 15) is 9.90 Å². The number of likely N-dealkylation sites (tertiary alicyclic amines) is 1. The van der Waals surface area contributed by atoms with Crippen LogP contribution < -0.4 is 9.88 Å². The zero-order chi connectivity index (χ0) is 17.3. The molecular weight excluding hydrogens is 541 g/mol. The molecule has 3 heterocycles. The van der Waals surface area contributed by atoms with Gasteiger partial charge >= 0.3 is 6.03 Å². The molecule has 9 heteroatoms. The Morgan fingerprint density at radius 2 is 1.88 bits per heavy atom. The summed E-state index contributed by atoms with van der Waals surface area (Å²) in [6.07, 6.45) is 6.61. The summed E-state index contributed by atoms with van der Waals surface area (Å²) in [5.74, 6) is 1.07.